The fourth-order valence-corrected chi connectivity index (χ4v) is 4.71. The highest BCUT2D eigenvalue weighted by atomic mass is 16.5. The molecule has 0 spiro atoms. The molecule has 4 rings (SSSR count). The zero-order valence-electron chi connectivity index (χ0n) is 20.6. The van der Waals surface area contributed by atoms with Crippen LogP contribution >= 0.6 is 0 Å². The molecule has 0 N–H and O–H groups in total. The number of fused-ring (bicyclic) bond motifs is 1. The Balaban J connectivity index is 1.85. The van der Waals surface area contributed by atoms with E-state index in [9.17, 15) is 9.59 Å². The molecule has 3 aromatic carbocycles. The second kappa shape index (κ2) is 10.1. The van der Waals surface area contributed by atoms with E-state index in [0.717, 1.165) is 11.1 Å². The van der Waals surface area contributed by atoms with E-state index >= 15 is 0 Å². The minimum absolute atomic E-state index is 0.0949. The Morgan fingerprint density at radius 1 is 0.914 bits per heavy atom. The fraction of sp³-hybridized carbons (Fsp3) is 0.286. The molecule has 182 valence electrons. The van der Waals surface area contributed by atoms with Crippen LogP contribution in [-0.2, 0) is 11.3 Å². The summed E-state index contributed by atoms with van der Waals surface area (Å²) in [6.45, 7) is 0.450. The van der Waals surface area contributed by atoms with E-state index in [1.165, 1.54) is 7.11 Å². The molecule has 0 aliphatic carbocycles. The van der Waals surface area contributed by atoms with Gasteiger partial charge in [0.2, 0.25) is 5.91 Å². The molecule has 1 aliphatic rings. The van der Waals surface area contributed by atoms with E-state index in [0.29, 0.717) is 34.9 Å². The van der Waals surface area contributed by atoms with Gasteiger partial charge in [0.25, 0.3) is 5.91 Å². The SMILES string of the molecule is COc1ccc(C2C(C(=O)N(C)Cc3ccccc3)c3cc(OC)c(OC)cc3C(=O)N2C)cc1. The molecular formula is C28H30N2O5. The molecule has 0 bridgehead atoms. The first-order chi connectivity index (χ1) is 16.9. The Kier molecular flexibility index (Phi) is 6.96. The predicted octanol–water partition coefficient (Wildman–Crippen LogP) is 4.28. The van der Waals surface area contributed by atoms with Crippen molar-refractivity contribution in [3.8, 4) is 17.2 Å². The van der Waals surface area contributed by atoms with Crippen molar-refractivity contribution in [2.45, 2.75) is 18.5 Å². The topological polar surface area (TPSA) is 68.3 Å². The van der Waals surface area contributed by atoms with Crippen LogP contribution in [0, 0.1) is 0 Å². The maximum atomic E-state index is 14.1. The third-order valence-corrected chi connectivity index (χ3v) is 6.54. The van der Waals surface area contributed by atoms with Gasteiger partial charge in [0, 0.05) is 26.2 Å². The van der Waals surface area contributed by atoms with Crippen molar-refractivity contribution in [1.82, 2.24) is 9.80 Å². The third-order valence-electron chi connectivity index (χ3n) is 6.54. The van der Waals surface area contributed by atoms with Crippen LogP contribution in [0.25, 0.3) is 0 Å². The number of benzene rings is 3. The van der Waals surface area contributed by atoms with Gasteiger partial charge in [0.15, 0.2) is 11.5 Å². The lowest BCUT2D eigenvalue weighted by Crippen LogP contribution is -2.46. The fourth-order valence-electron chi connectivity index (χ4n) is 4.71. The summed E-state index contributed by atoms with van der Waals surface area (Å²) in [6, 6.07) is 20.2. The first kappa shape index (κ1) is 24.1. The maximum absolute atomic E-state index is 14.1. The minimum atomic E-state index is -0.644. The molecule has 7 heteroatoms. The summed E-state index contributed by atoms with van der Waals surface area (Å²) in [5.74, 6) is 0.698. The first-order valence-electron chi connectivity index (χ1n) is 11.4. The Bertz CT molecular complexity index is 1210. The zero-order valence-corrected chi connectivity index (χ0v) is 20.6. The predicted molar refractivity (Wildman–Crippen MR) is 133 cm³/mol. The molecule has 0 fully saturated rings. The molecule has 1 heterocycles. The zero-order chi connectivity index (χ0) is 25.1. The number of ether oxygens (including phenoxy) is 3. The van der Waals surface area contributed by atoms with Crippen LogP contribution in [0.2, 0.25) is 0 Å². The van der Waals surface area contributed by atoms with Gasteiger partial charge < -0.3 is 24.0 Å². The average Bonchev–Trinajstić information content (AvgIpc) is 2.90. The Morgan fingerprint density at radius 3 is 2.14 bits per heavy atom. The van der Waals surface area contributed by atoms with Gasteiger partial charge in [-0.25, -0.2) is 0 Å². The smallest absolute Gasteiger partial charge is 0.254 e. The number of carbonyl (C=O) groups is 2. The van der Waals surface area contributed by atoms with E-state index in [2.05, 4.69) is 0 Å². The largest absolute Gasteiger partial charge is 0.497 e. The van der Waals surface area contributed by atoms with E-state index in [4.69, 9.17) is 14.2 Å². The highest BCUT2D eigenvalue weighted by Gasteiger charge is 2.44. The average molecular weight is 475 g/mol. The standard InChI is InChI=1S/C28H30N2O5/c1-29(17-18-9-7-6-8-10-18)28(32)25-21-15-23(34-4)24(35-5)16-22(21)27(31)30(2)26(25)19-11-13-20(33-3)14-12-19/h6-16,25-26H,17H2,1-5H3. The Labute approximate surface area is 205 Å². The number of nitrogens with zero attached hydrogens (tertiary/aromatic N) is 2. The van der Waals surface area contributed by atoms with Gasteiger partial charge in [-0.05, 0) is 41.0 Å². The van der Waals surface area contributed by atoms with Crippen LogP contribution in [0.5, 0.6) is 17.2 Å². The lowest BCUT2D eigenvalue weighted by molar-refractivity contribution is -0.133. The van der Waals surface area contributed by atoms with E-state index in [-0.39, 0.29) is 11.8 Å². The number of hydrogen-bond acceptors (Lipinski definition) is 5. The van der Waals surface area contributed by atoms with Crippen LogP contribution in [0.3, 0.4) is 0 Å². The number of hydrogen-bond donors (Lipinski definition) is 0. The van der Waals surface area contributed by atoms with E-state index in [1.54, 1.807) is 50.2 Å². The molecule has 35 heavy (non-hydrogen) atoms. The number of amides is 2. The molecule has 2 unspecified atom stereocenters. The normalized spacial score (nSPS) is 16.9. The lowest BCUT2D eigenvalue weighted by Gasteiger charge is -2.41. The van der Waals surface area contributed by atoms with Crippen LogP contribution in [-0.4, -0.2) is 57.0 Å². The van der Waals surface area contributed by atoms with Gasteiger partial charge in [0.1, 0.15) is 5.75 Å². The van der Waals surface area contributed by atoms with Gasteiger partial charge in [-0.1, -0.05) is 42.5 Å². The monoisotopic (exact) mass is 474 g/mol. The quantitative estimate of drug-likeness (QED) is 0.511. The molecule has 0 saturated heterocycles. The van der Waals surface area contributed by atoms with Crippen molar-refractivity contribution in [3.05, 3.63) is 89.0 Å². The second-order valence-corrected chi connectivity index (χ2v) is 8.59. The Hall–Kier alpha value is -4.00. The Morgan fingerprint density at radius 2 is 1.54 bits per heavy atom. The summed E-state index contributed by atoms with van der Waals surface area (Å²) in [6.07, 6.45) is 0. The molecule has 0 radical (unpaired) electrons. The molecule has 2 atom stereocenters. The highest BCUT2D eigenvalue weighted by Crippen LogP contribution is 2.46. The van der Waals surface area contributed by atoms with Crippen LogP contribution in [0.4, 0.5) is 0 Å². The number of likely N-dealkylation sites (N-methyl/N-ethyl adjacent to an activating group) is 2. The minimum Gasteiger partial charge on any atom is -0.497 e. The van der Waals surface area contributed by atoms with Crippen LogP contribution in [0.1, 0.15) is 39.0 Å². The van der Waals surface area contributed by atoms with Gasteiger partial charge in [-0.2, -0.15) is 0 Å². The van der Waals surface area contributed by atoms with Crippen molar-refractivity contribution in [2.75, 3.05) is 35.4 Å². The van der Waals surface area contributed by atoms with Gasteiger partial charge in [0.05, 0.1) is 33.3 Å². The summed E-state index contributed by atoms with van der Waals surface area (Å²) in [5, 5.41) is 0. The van der Waals surface area contributed by atoms with Crippen molar-refractivity contribution in [3.63, 3.8) is 0 Å². The molecule has 7 nitrogen and oxygen atoms in total. The lowest BCUT2D eigenvalue weighted by atomic mass is 9.79. The van der Waals surface area contributed by atoms with Crippen LogP contribution in [0.15, 0.2) is 66.7 Å². The highest BCUT2D eigenvalue weighted by molar-refractivity contribution is 6.02. The number of rotatable bonds is 7. The van der Waals surface area contributed by atoms with Crippen molar-refractivity contribution < 1.29 is 23.8 Å². The maximum Gasteiger partial charge on any atom is 0.254 e. The molecule has 3 aromatic rings. The molecule has 0 aromatic heterocycles. The van der Waals surface area contributed by atoms with Crippen molar-refractivity contribution >= 4 is 11.8 Å². The molecule has 0 saturated carbocycles. The third kappa shape index (κ3) is 4.54. The molecule has 1 aliphatic heterocycles. The summed E-state index contributed by atoms with van der Waals surface area (Å²) in [5.41, 5.74) is 2.92. The van der Waals surface area contributed by atoms with Gasteiger partial charge in [-0.15, -0.1) is 0 Å². The first-order valence-corrected chi connectivity index (χ1v) is 11.4. The summed E-state index contributed by atoms with van der Waals surface area (Å²) in [7, 11) is 8.19. The van der Waals surface area contributed by atoms with Crippen molar-refractivity contribution in [1.29, 1.82) is 0 Å². The number of carbonyl (C=O) groups excluding carboxylic acids is 2. The second-order valence-electron chi connectivity index (χ2n) is 8.59. The summed E-state index contributed by atoms with van der Waals surface area (Å²) in [4.78, 5) is 30.9. The van der Waals surface area contributed by atoms with Gasteiger partial charge >= 0.3 is 0 Å². The summed E-state index contributed by atoms with van der Waals surface area (Å²) >= 11 is 0. The molecular weight excluding hydrogens is 444 g/mol. The van der Waals surface area contributed by atoms with E-state index in [1.807, 2.05) is 54.6 Å². The van der Waals surface area contributed by atoms with E-state index < -0.39 is 12.0 Å². The summed E-state index contributed by atoms with van der Waals surface area (Å²) < 4.78 is 16.3. The molecule has 2 amide bonds. The van der Waals surface area contributed by atoms with Crippen molar-refractivity contribution in [2.24, 2.45) is 0 Å². The number of methoxy groups -OCH3 is 3. The van der Waals surface area contributed by atoms with Gasteiger partial charge in [-0.3, -0.25) is 9.59 Å². The van der Waals surface area contributed by atoms with Crippen LogP contribution < -0.4 is 14.2 Å².